The first kappa shape index (κ1) is 44.2. The fraction of sp³-hybridized carbons (Fsp3) is 0.750. The number of halogens is 1. The third-order valence-corrected chi connectivity index (χ3v) is 18.3. The molecule has 1 saturated heterocycles. The van der Waals surface area contributed by atoms with Crippen LogP contribution in [0.2, 0.25) is 0 Å². The van der Waals surface area contributed by atoms with Crippen LogP contribution in [0.3, 0.4) is 0 Å². The first-order chi connectivity index (χ1) is 26.6. The van der Waals surface area contributed by atoms with Crippen molar-refractivity contribution >= 4 is 43.9 Å². The number of nitrogens with two attached hydrogens (primary N) is 1. The van der Waals surface area contributed by atoms with Crippen molar-refractivity contribution in [1.82, 2.24) is 4.72 Å². The number of hydrogen-bond donors (Lipinski definition) is 3. The van der Waals surface area contributed by atoms with E-state index in [0.717, 1.165) is 30.2 Å². The van der Waals surface area contributed by atoms with Gasteiger partial charge in [0.2, 0.25) is 10.0 Å². The Hall–Kier alpha value is -2.32. The van der Waals surface area contributed by atoms with Gasteiger partial charge >= 0.3 is 17.9 Å². The highest BCUT2D eigenvalue weighted by Crippen LogP contribution is 2.75. The summed E-state index contributed by atoms with van der Waals surface area (Å²) < 4.78 is 47.7. The van der Waals surface area contributed by atoms with E-state index in [1.54, 1.807) is 12.1 Å². The Balaban J connectivity index is 1.21. The maximum absolute atomic E-state index is 13.7. The van der Waals surface area contributed by atoms with Crippen molar-refractivity contribution in [3.63, 3.8) is 0 Å². The lowest BCUT2D eigenvalue weighted by Crippen LogP contribution is -2.70. The van der Waals surface area contributed by atoms with Crippen molar-refractivity contribution in [3.8, 4) is 0 Å². The van der Waals surface area contributed by atoms with Crippen LogP contribution in [0.5, 0.6) is 0 Å². The molecule has 0 radical (unpaired) electrons. The molecule has 57 heavy (non-hydrogen) atoms. The number of benzene rings is 1. The number of esters is 2. The molecular weight excluding hydrogens is 812 g/mol. The number of ether oxygens (including phenoxy) is 3. The van der Waals surface area contributed by atoms with Gasteiger partial charge < -0.3 is 25.1 Å². The van der Waals surface area contributed by atoms with Crippen LogP contribution in [0.4, 0.5) is 0 Å². The number of unbranched alkanes of at least 4 members (excludes halogenated alkanes) is 1. The number of aliphatic carboxylic acids is 1. The Labute approximate surface area is 348 Å². The molecule has 5 aliphatic rings. The highest BCUT2D eigenvalue weighted by molar-refractivity contribution is 9.10. The standard InChI is InChI=1S/C44H65BrN2O9S/c1-26(2)27(3)40(5)20-21-42(7)31-16-17-35-41(6)24-54-25-44(35,32(31)18-19-43(42,8)36(40)38(49)50)23-34(55-28(4)48)37(41)56-39(51)33(46)11-9-10-22-47-57(52,53)30-14-12-29(45)13-15-30/h12-15,18,26-27,31,33-37,47H,9-11,16-17,19-25,46H2,1-8H3,(H,49,50)/t27-,31+,33?,34-,35+,36-,37+,40-,41-,42-,43+,44+/m1/s1. The topological polar surface area (TPSA) is 171 Å². The second-order valence-electron chi connectivity index (χ2n) is 19.5. The first-order valence-corrected chi connectivity index (χ1v) is 23.2. The van der Waals surface area contributed by atoms with Gasteiger partial charge in [-0.05, 0) is 116 Å². The van der Waals surface area contributed by atoms with Crippen LogP contribution < -0.4 is 10.5 Å². The van der Waals surface area contributed by atoms with Crippen molar-refractivity contribution in [2.75, 3.05) is 19.8 Å². The van der Waals surface area contributed by atoms with E-state index in [-0.39, 0.29) is 40.0 Å². The molecule has 3 saturated carbocycles. The van der Waals surface area contributed by atoms with Gasteiger partial charge in [0.25, 0.3) is 0 Å². The monoisotopic (exact) mass is 876 g/mol. The Morgan fingerprint density at radius 1 is 1.00 bits per heavy atom. The summed E-state index contributed by atoms with van der Waals surface area (Å²) in [5.74, 6) is -1.41. The molecule has 0 spiro atoms. The molecule has 12 atom stereocenters. The third-order valence-electron chi connectivity index (χ3n) is 16.3. The van der Waals surface area contributed by atoms with Gasteiger partial charge in [-0.1, -0.05) is 82.5 Å². The van der Waals surface area contributed by atoms with Crippen LogP contribution in [-0.2, 0) is 38.6 Å². The SMILES string of the molecule is CC(=O)O[C@@H]1C[C@@]23COC[C@](C)([C@@H]2CC[C@H]2C3=CC[C@@]3(C)[C@H](C(=O)O)[C@@](C)([C@H](C)C(C)C)CC[C@]23C)[C@H]1OC(=O)C(N)CCCCNS(=O)(=O)c1ccc(Br)cc1. The lowest BCUT2D eigenvalue weighted by atomic mass is 9.34. The van der Waals surface area contributed by atoms with E-state index >= 15 is 0 Å². The molecule has 13 heteroatoms. The van der Waals surface area contributed by atoms with Gasteiger partial charge in [-0.15, -0.1) is 0 Å². The smallest absolute Gasteiger partial charge is 0.323 e. The predicted molar refractivity (Wildman–Crippen MR) is 220 cm³/mol. The van der Waals surface area contributed by atoms with Gasteiger partial charge in [0.15, 0.2) is 0 Å². The Bertz CT molecular complexity index is 1850. The third kappa shape index (κ3) is 7.45. The molecule has 4 fully saturated rings. The Kier molecular flexibility index (Phi) is 12.4. The average molecular weight is 878 g/mol. The minimum Gasteiger partial charge on any atom is -0.481 e. The molecule has 11 nitrogen and oxygen atoms in total. The highest BCUT2D eigenvalue weighted by Gasteiger charge is 2.72. The maximum atomic E-state index is 13.7. The average Bonchev–Trinajstić information content (AvgIpc) is 3.12. The van der Waals surface area contributed by atoms with E-state index in [1.165, 1.54) is 24.6 Å². The van der Waals surface area contributed by atoms with Gasteiger partial charge in [0.05, 0.1) is 24.0 Å². The largest absolute Gasteiger partial charge is 0.481 e. The minimum absolute atomic E-state index is 0.0823. The number of carbonyl (C=O) groups excluding carboxylic acids is 2. The number of rotatable bonds is 13. The second-order valence-corrected chi connectivity index (χ2v) is 22.2. The summed E-state index contributed by atoms with van der Waals surface area (Å²) in [7, 11) is -3.67. The Morgan fingerprint density at radius 2 is 1.68 bits per heavy atom. The van der Waals surface area contributed by atoms with E-state index in [0.29, 0.717) is 51.2 Å². The molecule has 0 amide bonds. The number of nitrogens with one attached hydrogen (secondary N) is 1. The Morgan fingerprint density at radius 3 is 2.32 bits per heavy atom. The van der Waals surface area contributed by atoms with Gasteiger partial charge in [0.1, 0.15) is 18.2 Å². The van der Waals surface area contributed by atoms with Crippen LogP contribution >= 0.6 is 15.9 Å². The summed E-state index contributed by atoms with van der Waals surface area (Å²) in [6.07, 6.45) is 6.74. The molecule has 2 bridgehead atoms. The van der Waals surface area contributed by atoms with Crippen molar-refractivity contribution in [1.29, 1.82) is 0 Å². The van der Waals surface area contributed by atoms with E-state index in [4.69, 9.17) is 19.9 Å². The summed E-state index contributed by atoms with van der Waals surface area (Å²) in [5, 5.41) is 11.0. The molecule has 1 heterocycles. The summed E-state index contributed by atoms with van der Waals surface area (Å²) in [6.45, 7) is 17.9. The summed E-state index contributed by atoms with van der Waals surface area (Å²) >= 11 is 3.32. The van der Waals surface area contributed by atoms with E-state index < -0.39 is 68.3 Å². The van der Waals surface area contributed by atoms with Gasteiger partial charge in [-0.25, -0.2) is 13.1 Å². The number of sulfonamides is 1. The fourth-order valence-electron chi connectivity index (χ4n) is 12.8. The van der Waals surface area contributed by atoms with Gasteiger partial charge in [-0.2, -0.15) is 0 Å². The lowest BCUT2D eigenvalue weighted by molar-refractivity contribution is -0.263. The molecule has 1 unspecified atom stereocenters. The number of allylic oxidation sites excluding steroid dienone is 1. The molecule has 6 rings (SSSR count). The number of carboxylic acid groups (broad SMARTS) is 1. The van der Waals surface area contributed by atoms with Crippen molar-refractivity contribution in [2.45, 2.75) is 136 Å². The number of fused-ring (bicyclic) bond motifs is 3. The quantitative estimate of drug-likeness (QED) is 0.102. The summed E-state index contributed by atoms with van der Waals surface area (Å²) in [6, 6.07) is 5.44. The first-order valence-electron chi connectivity index (χ1n) is 21.0. The second kappa shape index (κ2) is 15.9. The van der Waals surface area contributed by atoms with Gasteiger partial charge in [-0.3, -0.25) is 14.4 Å². The van der Waals surface area contributed by atoms with Crippen LogP contribution in [0.1, 0.15) is 113 Å². The molecule has 0 aromatic heterocycles. The van der Waals surface area contributed by atoms with Crippen LogP contribution in [0.15, 0.2) is 45.3 Å². The fourth-order valence-corrected chi connectivity index (χ4v) is 14.2. The highest BCUT2D eigenvalue weighted by atomic mass is 79.9. The molecule has 1 aromatic rings. The maximum Gasteiger partial charge on any atom is 0.323 e. The summed E-state index contributed by atoms with van der Waals surface area (Å²) in [5.41, 5.74) is 5.51. The minimum atomic E-state index is -3.67. The summed E-state index contributed by atoms with van der Waals surface area (Å²) in [4.78, 5) is 40.1. The number of hydrogen-bond acceptors (Lipinski definition) is 9. The van der Waals surface area contributed by atoms with Crippen molar-refractivity contribution in [2.24, 2.45) is 62.4 Å². The van der Waals surface area contributed by atoms with Crippen LogP contribution in [0.25, 0.3) is 0 Å². The zero-order valence-electron chi connectivity index (χ0n) is 35.1. The van der Waals surface area contributed by atoms with Crippen molar-refractivity contribution < 1.29 is 42.1 Å². The number of carboxylic acids is 1. The zero-order chi connectivity index (χ0) is 41.9. The zero-order valence-corrected chi connectivity index (χ0v) is 37.5. The van der Waals surface area contributed by atoms with Crippen molar-refractivity contribution in [3.05, 3.63) is 40.4 Å². The molecule has 1 aliphatic heterocycles. The predicted octanol–water partition coefficient (Wildman–Crippen LogP) is 7.66. The van der Waals surface area contributed by atoms with E-state index in [1.807, 2.05) is 0 Å². The van der Waals surface area contributed by atoms with Crippen LogP contribution in [0, 0.1) is 56.7 Å². The molecule has 318 valence electrons. The lowest BCUT2D eigenvalue weighted by Gasteiger charge is -2.71. The normalized spacial score (nSPS) is 38.4. The molecule has 4 aliphatic carbocycles. The van der Waals surface area contributed by atoms with E-state index in [2.05, 4.69) is 75.2 Å². The van der Waals surface area contributed by atoms with Crippen LogP contribution in [-0.4, -0.2) is 69.4 Å². The molecule has 1 aromatic carbocycles. The molecule has 4 N–H and O–H groups in total. The molecular formula is C44H65BrN2O9S. The van der Waals surface area contributed by atoms with E-state index in [9.17, 15) is 27.9 Å². The van der Waals surface area contributed by atoms with Gasteiger partial charge in [0, 0.05) is 28.8 Å². The number of carbonyl (C=O) groups is 3.